The molecule has 0 fully saturated rings. The van der Waals surface area contributed by atoms with Gasteiger partial charge in [0, 0.05) is 13.2 Å². The molecule has 528 valence electrons. The highest BCUT2D eigenvalue weighted by atomic mass is 16.7. The summed E-state index contributed by atoms with van der Waals surface area (Å²) in [5.74, 6) is 0.767. The minimum atomic E-state index is -0.944. The van der Waals surface area contributed by atoms with Crippen LogP contribution in [0.15, 0.2) is 0 Å². The summed E-state index contributed by atoms with van der Waals surface area (Å²) in [6.07, 6.45) is 0.264. The maximum Gasteiger partial charge on any atom is 0.508 e. The molecule has 6 N–H and O–H groups in total. The number of aliphatic hydroxyl groups is 6. The van der Waals surface area contributed by atoms with Crippen LogP contribution in [-0.2, 0) is 71.1 Å². The first-order chi connectivity index (χ1) is 42.2. The van der Waals surface area contributed by atoms with Crippen LogP contribution in [-0.4, -0.2) is 256 Å². The molecule has 0 spiro atoms. The zero-order valence-corrected chi connectivity index (χ0v) is 57.6. The zero-order valence-electron chi connectivity index (χ0n) is 57.6. The minimum absolute atomic E-state index is 0.00190. The van der Waals surface area contributed by atoms with Gasteiger partial charge < -0.3 is 102 Å². The van der Waals surface area contributed by atoms with Gasteiger partial charge in [-0.3, -0.25) is 0 Å². The van der Waals surface area contributed by atoms with Gasteiger partial charge in [-0.05, 0) is 76.0 Å². The van der Waals surface area contributed by atoms with Crippen molar-refractivity contribution in [1.29, 1.82) is 0 Å². The largest absolute Gasteiger partial charge is 0.508 e. The van der Waals surface area contributed by atoms with E-state index in [1.165, 1.54) is 0 Å². The Balaban J connectivity index is 6.36. The van der Waals surface area contributed by atoms with Crippen molar-refractivity contribution in [1.82, 2.24) is 0 Å². The summed E-state index contributed by atoms with van der Waals surface area (Å²) in [4.78, 5) is 13.5. The topological polar surface area (TPSA) is 277 Å². The molecular formula is C66H132O22. The molecule has 0 amide bonds. The highest BCUT2D eigenvalue weighted by Crippen LogP contribution is 2.27. The molecule has 0 aromatic carbocycles. The molecule has 0 aliphatic heterocycles. The Kier molecular flexibility index (Phi) is 52.9. The van der Waals surface area contributed by atoms with Crippen LogP contribution < -0.4 is 0 Å². The Labute approximate surface area is 532 Å². The molecule has 0 aliphatic carbocycles. The second-order valence-electron chi connectivity index (χ2n) is 24.8. The molecule has 88 heavy (non-hydrogen) atoms. The van der Waals surface area contributed by atoms with Gasteiger partial charge >= 0.3 is 6.16 Å². The average Bonchev–Trinajstić information content (AvgIpc) is 2.46. The quantitative estimate of drug-likeness (QED) is 0.0313. The fourth-order valence-corrected chi connectivity index (χ4v) is 8.29. The number of carbonyl (C=O) groups excluding carboxylic acids is 1. The molecule has 0 aromatic rings. The zero-order chi connectivity index (χ0) is 66.1. The van der Waals surface area contributed by atoms with Gasteiger partial charge in [0.25, 0.3) is 0 Å². The number of rotatable bonds is 64. The first kappa shape index (κ1) is 86.5. The molecule has 0 saturated carbocycles. The van der Waals surface area contributed by atoms with Crippen LogP contribution in [0.25, 0.3) is 0 Å². The van der Waals surface area contributed by atoms with E-state index in [0.717, 1.165) is 12.8 Å². The van der Waals surface area contributed by atoms with E-state index in [2.05, 4.69) is 34.6 Å². The molecule has 12 unspecified atom stereocenters. The molecule has 0 radical (unpaired) electrons. The lowest BCUT2D eigenvalue weighted by atomic mass is 9.92. The van der Waals surface area contributed by atoms with Gasteiger partial charge in [-0.15, -0.1) is 0 Å². The molecule has 0 saturated heterocycles. The van der Waals surface area contributed by atoms with Crippen LogP contribution >= 0.6 is 0 Å². The predicted molar refractivity (Wildman–Crippen MR) is 339 cm³/mol. The fraction of sp³-hybridized carbons (Fsp3) is 0.985. The fourth-order valence-electron chi connectivity index (χ4n) is 8.29. The van der Waals surface area contributed by atoms with Gasteiger partial charge in [0.05, 0.1) is 210 Å². The van der Waals surface area contributed by atoms with E-state index in [1.54, 1.807) is 0 Å². The Hall–Kier alpha value is -1.49. The Bertz CT molecular complexity index is 1470. The van der Waals surface area contributed by atoms with Crippen LogP contribution in [0.1, 0.15) is 174 Å². The summed E-state index contributed by atoms with van der Waals surface area (Å²) < 4.78 is 92.9. The summed E-state index contributed by atoms with van der Waals surface area (Å²) >= 11 is 0. The second-order valence-corrected chi connectivity index (χ2v) is 24.8. The van der Waals surface area contributed by atoms with Gasteiger partial charge in [-0.2, -0.15) is 0 Å². The SMILES string of the molecule is CCC(C)COCC(COCC(C)CC)(COCC(O)CC)COCC(CC)OC(CC)COCC(COCC(O)CC)(COCC(O)CC)COCC(CC)OC(=O)OC(CC)COCC(COCC(O)CC)(COCC(O)CC)COCC(O)CC. The second kappa shape index (κ2) is 53.8. The Morgan fingerprint density at radius 1 is 0.261 bits per heavy atom. The average molecular weight is 1280 g/mol. The Morgan fingerprint density at radius 2 is 0.443 bits per heavy atom. The van der Waals surface area contributed by atoms with Crippen molar-refractivity contribution >= 4 is 6.16 Å². The summed E-state index contributed by atoms with van der Waals surface area (Å²) in [7, 11) is 0. The molecule has 0 rings (SSSR count). The summed E-state index contributed by atoms with van der Waals surface area (Å²) in [6, 6.07) is 0. The summed E-state index contributed by atoms with van der Waals surface area (Å²) in [5, 5.41) is 62.1. The van der Waals surface area contributed by atoms with Crippen LogP contribution in [0.3, 0.4) is 0 Å². The monoisotopic (exact) mass is 1280 g/mol. The smallest absolute Gasteiger partial charge is 0.429 e. The van der Waals surface area contributed by atoms with Crippen molar-refractivity contribution < 1.29 is 106 Å². The van der Waals surface area contributed by atoms with E-state index >= 15 is 0 Å². The van der Waals surface area contributed by atoms with E-state index in [4.69, 9.17) is 71.1 Å². The third-order valence-corrected chi connectivity index (χ3v) is 15.7. The van der Waals surface area contributed by atoms with Crippen molar-refractivity contribution in [2.75, 3.05) is 159 Å². The van der Waals surface area contributed by atoms with Crippen LogP contribution in [0.5, 0.6) is 0 Å². The number of hydrogen-bond donors (Lipinski definition) is 6. The van der Waals surface area contributed by atoms with Crippen molar-refractivity contribution in [3.63, 3.8) is 0 Å². The van der Waals surface area contributed by atoms with Gasteiger partial charge in [0.15, 0.2) is 0 Å². The van der Waals surface area contributed by atoms with E-state index in [1.807, 2.05) is 62.3 Å². The number of carbonyl (C=O) groups is 1. The van der Waals surface area contributed by atoms with Crippen LogP contribution in [0, 0.1) is 28.1 Å². The molecule has 0 bridgehead atoms. The molecule has 22 heteroatoms. The van der Waals surface area contributed by atoms with E-state index < -0.39 is 71.2 Å². The van der Waals surface area contributed by atoms with Crippen molar-refractivity contribution in [3.05, 3.63) is 0 Å². The van der Waals surface area contributed by atoms with Gasteiger partial charge in [0.1, 0.15) is 12.2 Å². The number of hydrogen-bond acceptors (Lipinski definition) is 22. The lowest BCUT2D eigenvalue weighted by Crippen LogP contribution is -2.44. The van der Waals surface area contributed by atoms with Crippen molar-refractivity contribution in [2.45, 2.75) is 235 Å². The summed E-state index contributed by atoms with van der Waals surface area (Å²) in [5.41, 5.74) is -2.48. The van der Waals surface area contributed by atoms with E-state index in [9.17, 15) is 35.4 Å². The van der Waals surface area contributed by atoms with Crippen LogP contribution in [0.4, 0.5) is 4.79 Å². The number of aliphatic hydroxyl groups excluding tert-OH is 6. The molecule has 0 aliphatic rings. The molecule has 0 heterocycles. The van der Waals surface area contributed by atoms with E-state index in [0.29, 0.717) is 116 Å². The highest BCUT2D eigenvalue weighted by molar-refractivity contribution is 5.60. The standard InChI is InChI=1S/C66H132O22/c1-15-51(13)27-74-39-64(40-75-28-52(14)16-2,41-76-29-53(67)17-3)47-82-35-59(23-9)86-60(24-10)36-83-49-66(45-80-33-57(71)21-7,46-81-34-58(72)22-8)50-85-38-62(26-12)88-63(73)87-61(25-11)37-84-48-65(42-77-30-54(68)18-4,43-78-31-55(69)19-5)44-79-32-56(70)20-6/h51-62,67-72H,15-50H2,1-14H3. The molecular weight excluding hydrogens is 1140 g/mol. The third-order valence-electron chi connectivity index (χ3n) is 15.7. The maximum absolute atomic E-state index is 13.5. The van der Waals surface area contributed by atoms with Crippen LogP contribution in [0.2, 0.25) is 0 Å². The van der Waals surface area contributed by atoms with Crippen molar-refractivity contribution in [2.24, 2.45) is 28.1 Å². The predicted octanol–water partition coefficient (Wildman–Crippen LogP) is 8.15. The highest BCUT2D eigenvalue weighted by Gasteiger charge is 2.37. The van der Waals surface area contributed by atoms with E-state index in [-0.39, 0.29) is 131 Å². The number of ether oxygens (including phenoxy) is 15. The first-order valence-electron chi connectivity index (χ1n) is 33.7. The molecule has 0 aromatic heterocycles. The normalized spacial score (nSPS) is 18.4. The third kappa shape index (κ3) is 42.0. The lowest BCUT2D eigenvalue weighted by molar-refractivity contribution is -0.149. The summed E-state index contributed by atoms with van der Waals surface area (Å²) in [6.45, 7) is 31.8. The van der Waals surface area contributed by atoms with Crippen molar-refractivity contribution in [3.8, 4) is 0 Å². The molecule has 12 atom stereocenters. The maximum atomic E-state index is 13.5. The Morgan fingerprint density at radius 3 is 0.625 bits per heavy atom. The lowest BCUT2D eigenvalue weighted by Gasteiger charge is -2.35. The minimum Gasteiger partial charge on any atom is -0.429 e. The first-order valence-corrected chi connectivity index (χ1v) is 33.7. The molecule has 22 nitrogen and oxygen atoms in total. The van der Waals surface area contributed by atoms with Gasteiger partial charge in [0.2, 0.25) is 0 Å². The van der Waals surface area contributed by atoms with Gasteiger partial charge in [-0.1, -0.05) is 110 Å². The van der Waals surface area contributed by atoms with Gasteiger partial charge in [-0.25, -0.2) is 4.79 Å².